The molecule has 0 atom stereocenters. The van der Waals surface area contributed by atoms with Crippen LogP contribution >= 0.6 is 34.5 Å². The maximum atomic E-state index is 12.4. The largest absolute Gasteiger partial charge is 0.339 e. The quantitative estimate of drug-likeness (QED) is 0.831. The lowest BCUT2D eigenvalue weighted by Gasteiger charge is -2.30. The van der Waals surface area contributed by atoms with Gasteiger partial charge in [-0.1, -0.05) is 28.4 Å². The van der Waals surface area contributed by atoms with E-state index in [-0.39, 0.29) is 11.8 Å². The van der Waals surface area contributed by atoms with E-state index < -0.39 is 0 Å². The van der Waals surface area contributed by atoms with Crippen molar-refractivity contribution < 1.29 is 9.32 Å². The normalized spacial score (nSPS) is 16.4. The van der Waals surface area contributed by atoms with E-state index in [1.54, 1.807) is 17.9 Å². The highest BCUT2D eigenvalue weighted by atomic mass is 35.5. The molecule has 21 heavy (non-hydrogen) atoms. The summed E-state index contributed by atoms with van der Waals surface area (Å²) in [6.07, 6.45) is 1.62. The van der Waals surface area contributed by atoms with Crippen LogP contribution in [-0.2, 0) is 0 Å². The molecular weight excluding hydrogens is 333 g/mol. The van der Waals surface area contributed by atoms with E-state index in [2.05, 4.69) is 10.1 Å². The molecule has 1 amide bonds. The van der Waals surface area contributed by atoms with Gasteiger partial charge in [-0.2, -0.15) is 4.98 Å². The fraction of sp³-hybridized carbons (Fsp3) is 0.462. The Morgan fingerprint density at radius 1 is 1.43 bits per heavy atom. The molecule has 1 saturated heterocycles. The van der Waals surface area contributed by atoms with Gasteiger partial charge in [-0.3, -0.25) is 4.79 Å². The maximum Gasteiger partial charge on any atom is 0.256 e. The van der Waals surface area contributed by atoms with Crippen molar-refractivity contribution in [3.63, 3.8) is 0 Å². The molecule has 8 heteroatoms. The number of piperidine rings is 1. The first-order valence-corrected chi connectivity index (χ1v) is 8.16. The minimum absolute atomic E-state index is 0.0664. The second-order valence-electron chi connectivity index (χ2n) is 4.98. The number of aryl methyl sites for hydroxylation is 1. The lowest BCUT2D eigenvalue weighted by Crippen LogP contribution is -2.37. The van der Waals surface area contributed by atoms with Gasteiger partial charge >= 0.3 is 0 Å². The van der Waals surface area contributed by atoms with Crippen molar-refractivity contribution in [2.75, 3.05) is 13.1 Å². The first-order chi connectivity index (χ1) is 10.0. The molecule has 0 radical (unpaired) electrons. The van der Waals surface area contributed by atoms with Crippen LogP contribution in [0.4, 0.5) is 0 Å². The molecule has 5 nitrogen and oxygen atoms in total. The van der Waals surface area contributed by atoms with Crippen LogP contribution in [0.25, 0.3) is 0 Å². The summed E-state index contributed by atoms with van der Waals surface area (Å²) in [5.41, 5.74) is 0.485. The van der Waals surface area contributed by atoms with Crippen LogP contribution in [0.15, 0.2) is 10.6 Å². The minimum Gasteiger partial charge on any atom is -0.339 e. The predicted octanol–water partition coefficient (Wildman–Crippen LogP) is 3.77. The molecule has 0 aromatic carbocycles. The molecule has 0 N–H and O–H groups in total. The number of rotatable bonds is 2. The molecule has 3 rings (SSSR count). The van der Waals surface area contributed by atoms with Crippen LogP contribution in [-0.4, -0.2) is 34.0 Å². The van der Waals surface area contributed by atoms with Crippen LogP contribution in [0.1, 0.15) is 40.8 Å². The monoisotopic (exact) mass is 345 g/mol. The number of thiophene rings is 1. The van der Waals surface area contributed by atoms with Crippen LogP contribution in [0.3, 0.4) is 0 Å². The summed E-state index contributed by atoms with van der Waals surface area (Å²) in [5, 5.41) is 3.81. The molecule has 0 saturated carbocycles. The highest BCUT2D eigenvalue weighted by Crippen LogP contribution is 2.33. The van der Waals surface area contributed by atoms with E-state index in [0.717, 1.165) is 12.8 Å². The topological polar surface area (TPSA) is 59.2 Å². The average Bonchev–Trinajstić information content (AvgIpc) is 3.04. The molecule has 2 aromatic heterocycles. The second-order valence-corrected chi connectivity index (χ2v) is 7.27. The molecule has 1 fully saturated rings. The summed E-state index contributed by atoms with van der Waals surface area (Å²) in [4.78, 5) is 18.5. The number of hydrogen-bond acceptors (Lipinski definition) is 5. The van der Waals surface area contributed by atoms with Gasteiger partial charge in [0.05, 0.1) is 9.90 Å². The molecule has 0 spiro atoms. The zero-order valence-electron chi connectivity index (χ0n) is 11.3. The third-order valence-electron chi connectivity index (χ3n) is 3.56. The van der Waals surface area contributed by atoms with Gasteiger partial charge < -0.3 is 9.42 Å². The lowest BCUT2D eigenvalue weighted by molar-refractivity contribution is 0.0705. The Morgan fingerprint density at radius 2 is 2.14 bits per heavy atom. The maximum absolute atomic E-state index is 12.4. The number of aromatic nitrogens is 2. The molecule has 2 aromatic rings. The zero-order chi connectivity index (χ0) is 15.0. The summed E-state index contributed by atoms with van der Waals surface area (Å²) in [6, 6.07) is 1.63. The number of likely N-dealkylation sites (tertiary alicyclic amines) is 1. The van der Waals surface area contributed by atoms with E-state index in [4.69, 9.17) is 27.7 Å². The number of nitrogens with zero attached hydrogens (tertiary/aromatic N) is 3. The Balaban J connectivity index is 1.65. The molecular formula is C13H13Cl2N3O2S. The van der Waals surface area contributed by atoms with Gasteiger partial charge in [0, 0.05) is 19.0 Å². The smallest absolute Gasteiger partial charge is 0.256 e. The van der Waals surface area contributed by atoms with Gasteiger partial charge in [-0.05, 0) is 25.8 Å². The molecule has 1 aliphatic heterocycles. The summed E-state index contributed by atoms with van der Waals surface area (Å²) in [7, 11) is 0. The van der Waals surface area contributed by atoms with E-state index in [0.29, 0.717) is 39.0 Å². The average molecular weight is 346 g/mol. The second kappa shape index (κ2) is 5.94. The number of amides is 1. The highest BCUT2D eigenvalue weighted by Gasteiger charge is 2.29. The van der Waals surface area contributed by atoms with Gasteiger partial charge in [0.2, 0.25) is 5.89 Å². The van der Waals surface area contributed by atoms with Crippen molar-refractivity contribution in [3.05, 3.63) is 32.0 Å². The standard InChI is InChI=1S/C13H13Cl2N3O2S/c1-7-16-12(20-17-7)8-2-4-18(5-3-8)13(19)9-6-10(14)21-11(9)15/h6,8H,2-5H2,1H3. The minimum atomic E-state index is -0.0664. The van der Waals surface area contributed by atoms with Gasteiger partial charge in [-0.15, -0.1) is 11.3 Å². The SMILES string of the molecule is Cc1noc(C2CCN(C(=O)c3cc(Cl)sc3Cl)CC2)n1. The van der Waals surface area contributed by atoms with Crippen molar-refractivity contribution in [3.8, 4) is 0 Å². The summed E-state index contributed by atoms with van der Waals surface area (Å²) >= 11 is 13.1. The lowest BCUT2D eigenvalue weighted by atomic mass is 9.96. The van der Waals surface area contributed by atoms with E-state index in [9.17, 15) is 4.79 Å². The van der Waals surface area contributed by atoms with Crippen LogP contribution in [0, 0.1) is 6.92 Å². The predicted molar refractivity (Wildman–Crippen MR) is 81.3 cm³/mol. The van der Waals surface area contributed by atoms with Crippen LogP contribution in [0.2, 0.25) is 8.67 Å². The van der Waals surface area contributed by atoms with Crippen molar-refractivity contribution in [2.45, 2.75) is 25.7 Å². The van der Waals surface area contributed by atoms with Gasteiger partial charge in [0.25, 0.3) is 5.91 Å². The Hall–Kier alpha value is -1.11. The Bertz CT molecular complexity index is 662. The summed E-state index contributed by atoms with van der Waals surface area (Å²) in [5.74, 6) is 1.46. The fourth-order valence-electron chi connectivity index (χ4n) is 2.46. The van der Waals surface area contributed by atoms with Crippen molar-refractivity contribution >= 4 is 40.4 Å². The molecule has 1 aliphatic rings. The fourth-order valence-corrected chi connectivity index (χ4v) is 3.91. The first kappa shape index (κ1) is 14.8. The van der Waals surface area contributed by atoms with E-state index in [1.165, 1.54) is 11.3 Å². The number of hydrogen-bond donors (Lipinski definition) is 0. The van der Waals surface area contributed by atoms with Crippen molar-refractivity contribution in [1.82, 2.24) is 15.0 Å². The van der Waals surface area contributed by atoms with Gasteiger partial charge in [0.15, 0.2) is 5.82 Å². The molecule has 3 heterocycles. The van der Waals surface area contributed by atoms with Crippen LogP contribution < -0.4 is 0 Å². The highest BCUT2D eigenvalue weighted by molar-refractivity contribution is 7.20. The number of halogens is 2. The zero-order valence-corrected chi connectivity index (χ0v) is 13.6. The molecule has 0 unspecified atom stereocenters. The molecule has 0 bridgehead atoms. The van der Waals surface area contributed by atoms with Gasteiger partial charge in [0.1, 0.15) is 4.34 Å². The third-order valence-corrected chi connectivity index (χ3v) is 5.05. The number of carbonyl (C=O) groups is 1. The molecule has 112 valence electrons. The van der Waals surface area contributed by atoms with Crippen molar-refractivity contribution in [2.24, 2.45) is 0 Å². The Kier molecular flexibility index (Phi) is 4.19. The summed E-state index contributed by atoms with van der Waals surface area (Å²) < 4.78 is 6.18. The Labute approximate surface area is 135 Å². The Morgan fingerprint density at radius 3 is 2.67 bits per heavy atom. The number of carbonyl (C=O) groups excluding carboxylic acids is 1. The summed E-state index contributed by atoms with van der Waals surface area (Å²) in [6.45, 7) is 3.09. The van der Waals surface area contributed by atoms with Crippen molar-refractivity contribution in [1.29, 1.82) is 0 Å². The first-order valence-electron chi connectivity index (χ1n) is 6.59. The third kappa shape index (κ3) is 3.07. The van der Waals surface area contributed by atoms with Crippen LogP contribution in [0.5, 0.6) is 0 Å². The van der Waals surface area contributed by atoms with Gasteiger partial charge in [-0.25, -0.2) is 0 Å². The molecule has 0 aliphatic carbocycles. The van der Waals surface area contributed by atoms with E-state index in [1.807, 2.05) is 0 Å². The van der Waals surface area contributed by atoms with E-state index >= 15 is 0 Å².